The Morgan fingerprint density at radius 1 is 0.967 bits per heavy atom. The highest BCUT2D eigenvalue weighted by Gasteiger charge is 2.26. The number of nitrogens with zero attached hydrogens (tertiary/aromatic N) is 4. The first kappa shape index (κ1) is 18.0. The van der Waals surface area contributed by atoms with Crippen LogP contribution in [0.15, 0.2) is 73.1 Å². The van der Waals surface area contributed by atoms with Crippen LogP contribution in [0.1, 0.15) is 0 Å². The summed E-state index contributed by atoms with van der Waals surface area (Å²) in [5.74, 6) is 0.347. The second-order valence-corrected chi connectivity index (χ2v) is 7.35. The summed E-state index contributed by atoms with van der Waals surface area (Å²) in [5, 5.41) is 17.1. The molecule has 1 N–H and O–H groups in total. The van der Waals surface area contributed by atoms with Crippen molar-refractivity contribution in [3.63, 3.8) is 0 Å². The Hall–Kier alpha value is -4.11. The maximum Gasteiger partial charge on any atom is 0.373 e. The van der Waals surface area contributed by atoms with Crippen molar-refractivity contribution in [3.8, 4) is 11.6 Å². The van der Waals surface area contributed by atoms with E-state index in [1.54, 1.807) is 6.07 Å². The number of nitrogens with one attached hydrogen (secondary N) is 1. The van der Waals surface area contributed by atoms with E-state index >= 15 is 0 Å². The third-order valence-electron chi connectivity index (χ3n) is 4.45. The highest BCUT2D eigenvalue weighted by atomic mass is 32.1. The predicted molar refractivity (Wildman–Crippen MR) is 116 cm³/mol. The number of rotatable bonds is 5. The lowest BCUT2D eigenvalue weighted by Gasteiger charge is -2.10. The van der Waals surface area contributed by atoms with E-state index in [2.05, 4.69) is 20.3 Å². The fraction of sp³-hybridized carbons (Fsp3) is 0. The van der Waals surface area contributed by atoms with Crippen molar-refractivity contribution in [2.75, 3.05) is 5.32 Å². The van der Waals surface area contributed by atoms with Gasteiger partial charge in [0.25, 0.3) is 0 Å². The summed E-state index contributed by atoms with van der Waals surface area (Å²) >= 11 is 1.38. The molecule has 0 radical (unpaired) electrons. The van der Waals surface area contributed by atoms with Crippen LogP contribution in [-0.2, 0) is 0 Å². The Balaban J connectivity index is 1.55. The molecule has 5 aromatic rings. The van der Waals surface area contributed by atoms with Gasteiger partial charge < -0.3 is 10.1 Å². The Labute approximate surface area is 174 Å². The van der Waals surface area contributed by atoms with Crippen molar-refractivity contribution < 1.29 is 9.66 Å². The average molecular weight is 415 g/mol. The number of anilines is 2. The standard InChI is InChI=1S/C21H13N5O3S/c27-26(28)18-19(25-21-24-15-9-3-4-11-17(15)30-21)22-12-23-20(18)29-16-10-5-7-13-6-1-2-8-14(13)16/h1-12H,(H,22,23,24,25). The number of benzene rings is 3. The second-order valence-electron chi connectivity index (χ2n) is 6.32. The Morgan fingerprint density at radius 2 is 1.77 bits per heavy atom. The lowest BCUT2D eigenvalue weighted by molar-refractivity contribution is -0.385. The summed E-state index contributed by atoms with van der Waals surface area (Å²) in [6.45, 7) is 0. The topological polar surface area (TPSA) is 103 Å². The molecule has 0 atom stereocenters. The third kappa shape index (κ3) is 3.27. The monoisotopic (exact) mass is 415 g/mol. The smallest absolute Gasteiger partial charge is 0.373 e. The molecule has 0 spiro atoms. The Kier molecular flexibility index (Phi) is 4.41. The molecule has 30 heavy (non-hydrogen) atoms. The van der Waals surface area contributed by atoms with Crippen molar-refractivity contribution in [1.82, 2.24) is 15.0 Å². The fourth-order valence-electron chi connectivity index (χ4n) is 3.11. The number of hydrogen-bond acceptors (Lipinski definition) is 8. The van der Waals surface area contributed by atoms with Crippen LogP contribution in [-0.4, -0.2) is 19.9 Å². The fourth-order valence-corrected chi connectivity index (χ4v) is 3.97. The molecular formula is C21H13N5O3S. The largest absolute Gasteiger partial charge is 0.433 e. The molecule has 0 aliphatic rings. The van der Waals surface area contributed by atoms with E-state index in [4.69, 9.17) is 4.74 Å². The first-order valence-electron chi connectivity index (χ1n) is 8.96. The number of nitro groups is 1. The van der Waals surface area contributed by atoms with Gasteiger partial charge in [0.1, 0.15) is 12.1 Å². The second kappa shape index (κ2) is 7.37. The van der Waals surface area contributed by atoms with Crippen molar-refractivity contribution in [2.45, 2.75) is 0 Å². The summed E-state index contributed by atoms with van der Waals surface area (Å²) in [6.07, 6.45) is 1.23. The van der Waals surface area contributed by atoms with E-state index in [9.17, 15) is 10.1 Å². The van der Waals surface area contributed by atoms with Crippen LogP contribution in [0, 0.1) is 10.1 Å². The molecule has 2 heterocycles. The van der Waals surface area contributed by atoms with Gasteiger partial charge in [0.05, 0.1) is 15.1 Å². The predicted octanol–water partition coefficient (Wildman–Crippen LogP) is 5.68. The molecule has 146 valence electrons. The zero-order valence-corrected chi connectivity index (χ0v) is 16.2. The van der Waals surface area contributed by atoms with E-state index in [1.807, 2.05) is 60.7 Å². The molecule has 0 aliphatic heterocycles. The Bertz CT molecular complexity index is 1360. The van der Waals surface area contributed by atoms with Gasteiger partial charge in [0.2, 0.25) is 5.82 Å². The van der Waals surface area contributed by atoms with Gasteiger partial charge in [-0.1, -0.05) is 59.9 Å². The molecule has 0 unspecified atom stereocenters. The lowest BCUT2D eigenvalue weighted by atomic mass is 10.1. The minimum absolute atomic E-state index is 0.0179. The van der Waals surface area contributed by atoms with E-state index in [0.29, 0.717) is 10.9 Å². The quantitative estimate of drug-likeness (QED) is 0.291. The third-order valence-corrected chi connectivity index (χ3v) is 5.40. The highest BCUT2D eigenvalue weighted by molar-refractivity contribution is 7.22. The summed E-state index contributed by atoms with van der Waals surface area (Å²) in [7, 11) is 0. The molecule has 0 bridgehead atoms. The van der Waals surface area contributed by atoms with Crippen LogP contribution in [0.25, 0.3) is 21.0 Å². The van der Waals surface area contributed by atoms with Crippen LogP contribution >= 0.6 is 11.3 Å². The lowest BCUT2D eigenvalue weighted by Crippen LogP contribution is -2.03. The Morgan fingerprint density at radius 3 is 2.63 bits per heavy atom. The van der Waals surface area contributed by atoms with Gasteiger partial charge in [0.15, 0.2) is 5.13 Å². The van der Waals surface area contributed by atoms with Crippen LogP contribution in [0.2, 0.25) is 0 Å². The summed E-state index contributed by atoms with van der Waals surface area (Å²) in [4.78, 5) is 23.8. The molecule has 0 saturated carbocycles. The zero-order valence-electron chi connectivity index (χ0n) is 15.4. The molecule has 3 aromatic carbocycles. The van der Waals surface area contributed by atoms with E-state index in [0.717, 1.165) is 21.0 Å². The van der Waals surface area contributed by atoms with Gasteiger partial charge in [-0.3, -0.25) is 10.1 Å². The molecular weight excluding hydrogens is 402 g/mol. The van der Waals surface area contributed by atoms with Gasteiger partial charge in [-0.25, -0.2) is 9.97 Å². The molecule has 0 amide bonds. The summed E-state index contributed by atoms with van der Waals surface area (Å²) in [6, 6.07) is 20.7. The van der Waals surface area contributed by atoms with E-state index < -0.39 is 4.92 Å². The summed E-state index contributed by atoms with van der Waals surface area (Å²) in [5.41, 5.74) is 0.443. The number of aromatic nitrogens is 3. The van der Waals surface area contributed by atoms with Crippen LogP contribution in [0.3, 0.4) is 0 Å². The van der Waals surface area contributed by atoms with Crippen molar-refractivity contribution in [3.05, 3.63) is 83.2 Å². The van der Waals surface area contributed by atoms with Gasteiger partial charge >= 0.3 is 11.6 Å². The normalized spacial score (nSPS) is 10.9. The first-order valence-corrected chi connectivity index (χ1v) is 9.78. The molecule has 0 saturated heterocycles. The molecule has 0 fully saturated rings. The molecule has 9 heteroatoms. The maximum atomic E-state index is 11.8. The molecule has 0 aliphatic carbocycles. The highest BCUT2D eigenvalue weighted by Crippen LogP contribution is 2.38. The van der Waals surface area contributed by atoms with Gasteiger partial charge in [-0.2, -0.15) is 4.98 Å². The van der Waals surface area contributed by atoms with Gasteiger partial charge in [-0.05, 0) is 23.6 Å². The van der Waals surface area contributed by atoms with E-state index in [1.165, 1.54) is 17.7 Å². The molecule has 2 aromatic heterocycles. The molecule has 5 rings (SSSR count). The number of hydrogen-bond donors (Lipinski definition) is 1. The minimum atomic E-state index is -0.559. The van der Waals surface area contributed by atoms with Crippen LogP contribution in [0.4, 0.5) is 16.6 Å². The van der Waals surface area contributed by atoms with Crippen LogP contribution in [0.5, 0.6) is 11.6 Å². The van der Waals surface area contributed by atoms with Crippen molar-refractivity contribution in [1.29, 1.82) is 0 Å². The minimum Gasteiger partial charge on any atom is -0.433 e. The molecule has 8 nitrogen and oxygen atoms in total. The number of fused-ring (bicyclic) bond motifs is 2. The number of para-hydroxylation sites is 1. The van der Waals surface area contributed by atoms with Crippen molar-refractivity contribution in [2.24, 2.45) is 0 Å². The number of ether oxygens (including phenoxy) is 1. The zero-order chi connectivity index (χ0) is 20.5. The van der Waals surface area contributed by atoms with Gasteiger partial charge in [-0.15, -0.1) is 0 Å². The van der Waals surface area contributed by atoms with E-state index in [-0.39, 0.29) is 17.4 Å². The maximum absolute atomic E-state index is 11.8. The van der Waals surface area contributed by atoms with Crippen molar-refractivity contribution >= 4 is 49.0 Å². The summed E-state index contributed by atoms with van der Waals surface area (Å²) < 4.78 is 6.83. The van der Waals surface area contributed by atoms with Gasteiger partial charge in [0, 0.05) is 5.39 Å². The average Bonchev–Trinajstić information content (AvgIpc) is 3.16. The van der Waals surface area contributed by atoms with Crippen LogP contribution < -0.4 is 10.1 Å². The SMILES string of the molecule is O=[N+]([O-])c1c(Nc2nc3ccccc3s2)ncnc1Oc1cccc2ccccc12. The first-order chi connectivity index (χ1) is 14.7. The number of thiazole rings is 1.